The minimum absolute atomic E-state index is 0.789. The highest BCUT2D eigenvalue weighted by molar-refractivity contribution is 7.11. The van der Waals surface area contributed by atoms with Gasteiger partial charge < -0.3 is 20.3 Å². The highest BCUT2D eigenvalue weighted by Crippen LogP contribution is 2.16. The van der Waals surface area contributed by atoms with Gasteiger partial charge >= 0.3 is 0 Å². The molecule has 1 rings (SSSR count). The molecule has 7 heteroatoms. The van der Waals surface area contributed by atoms with Gasteiger partial charge in [-0.15, -0.1) is 11.3 Å². The van der Waals surface area contributed by atoms with E-state index in [0.717, 1.165) is 68.8 Å². The van der Waals surface area contributed by atoms with E-state index in [1.54, 1.807) is 18.4 Å². The maximum absolute atomic E-state index is 5.08. The van der Waals surface area contributed by atoms with Crippen LogP contribution in [0, 0.1) is 13.8 Å². The number of aliphatic imine (C=N–C) groups is 1. The fourth-order valence-electron chi connectivity index (χ4n) is 2.36. The number of nitrogens with one attached hydrogen (secondary N) is 2. The molecule has 6 nitrogen and oxygen atoms in total. The van der Waals surface area contributed by atoms with E-state index < -0.39 is 0 Å². The van der Waals surface area contributed by atoms with Crippen molar-refractivity contribution >= 4 is 17.3 Å². The van der Waals surface area contributed by atoms with Crippen molar-refractivity contribution < 1.29 is 4.74 Å². The Bertz CT molecular complexity index is 489. The lowest BCUT2D eigenvalue weighted by Crippen LogP contribution is -2.39. The number of rotatable bonds is 11. The van der Waals surface area contributed by atoms with E-state index in [1.165, 1.54) is 4.88 Å². The first kappa shape index (κ1) is 20.9. The van der Waals surface area contributed by atoms with Crippen LogP contribution in [0.3, 0.4) is 0 Å². The van der Waals surface area contributed by atoms with E-state index in [4.69, 9.17) is 4.74 Å². The highest BCUT2D eigenvalue weighted by atomic mass is 32.1. The number of methoxy groups -OCH3 is 1. The Hall–Kier alpha value is -1.18. The number of ether oxygens (including phenoxy) is 1. The summed E-state index contributed by atoms with van der Waals surface area (Å²) in [6.07, 6.45) is 2.04. The molecule has 138 valence electrons. The van der Waals surface area contributed by atoms with Crippen molar-refractivity contribution in [2.45, 2.75) is 33.6 Å². The second kappa shape index (κ2) is 12.2. The first-order valence-electron chi connectivity index (χ1n) is 8.69. The number of hydrogen-bond acceptors (Lipinski definition) is 5. The van der Waals surface area contributed by atoms with Gasteiger partial charge in [-0.1, -0.05) is 0 Å². The third kappa shape index (κ3) is 8.61. The van der Waals surface area contributed by atoms with Crippen LogP contribution in [0.15, 0.2) is 4.99 Å². The van der Waals surface area contributed by atoms with Gasteiger partial charge in [-0.25, -0.2) is 4.98 Å². The summed E-state index contributed by atoms with van der Waals surface area (Å²) in [4.78, 5) is 12.8. The number of thiazole rings is 1. The monoisotopic (exact) mass is 355 g/mol. The minimum atomic E-state index is 0.789. The van der Waals surface area contributed by atoms with Crippen LogP contribution >= 0.6 is 11.3 Å². The van der Waals surface area contributed by atoms with Crippen molar-refractivity contribution in [3.05, 3.63) is 15.6 Å². The van der Waals surface area contributed by atoms with Crippen LogP contribution in [0.25, 0.3) is 0 Å². The quantitative estimate of drug-likeness (QED) is 0.360. The molecule has 0 saturated carbocycles. The molecule has 0 unspecified atom stereocenters. The number of hydrogen-bond donors (Lipinski definition) is 2. The standard InChI is InChI=1S/C17H33N5OS/c1-6-18-17(20-10-12-22(4)11-7-13-23-5)19-9-8-16-14(2)21-15(3)24-16/h6-13H2,1-5H3,(H2,18,19,20). The Morgan fingerprint density at radius 3 is 2.71 bits per heavy atom. The van der Waals surface area contributed by atoms with Gasteiger partial charge in [-0.3, -0.25) is 4.99 Å². The van der Waals surface area contributed by atoms with Crippen molar-refractivity contribution in [2.75, 3.05) is 53.5 Å². The minimum Gasteiger partial charge on any atom is -0.385 e. The summed E-state index contributed by atoms with van der Waals surface area (Å²) in [6, 6.07) is 0. The summed E-state index contributed by atoms with van der Waals surface area (Å²) in [5, 5.41) is 7.85. The Balaban J connectivity index is 2.32. The molecule has 24 heavy (non-hydrogen) atoms. The molecule has 0 aliphatic heterocycles. The lowest BCUT2D eigenvalue weighted by Gasteiger charge is -2.16. The summed E-state index contributed by atoms with van der Waals surface area (Å²) in [5.41, 5.74) is 1.15. The van der Waals surface area contributed by atoms with E-state index in [9.17, 15) is 0 Å². The fraction of sp³-hybridized carbons (Fsp3) is 0.765. The number of nitrogens with zero attached hydrogens (tertiary/aromatic N) is 3. The molecule has 0 radical (unpaired) electrons. The summed E-state index contributed by atoms with van der Waals surface area (Å²) in [7, 11) is 3.87. The van der Waals surface area contributed by atoms with Gasteiger partial charge in [-0.2, -0.15) is 0 Å². The lowest BCUT2D eigenvalue weighted by atomic mass is 10.3. The van der Waals surface area contributed by atoms with Crippen LogP contribution in [0.1, 0.15) is 28.9 Å². The summed E-state index contributed by atoms with van der Waals surface area (Å²) in [5.74, 6) is 0.890. The Morgan fingerprint density at radius 1 is 1.29 bits per heavy atom. The zero-order chi connectivity index (χ0) is 17.8. The zero-order valence-electron chi connectivity index (χ0n) is 15.8. The Labute approximate surface area is 150 Å². The Kier molecular flexibility index (Phi) is 10.6. The normalized spacial score (nSPS) is 12.0. The number of aryl methyl sites for hydroxylation is 2. The predicted molar refractivity (Wildman–Crippen MR) is 103 cm³/mol. The van der Waals surface area contributed by atoms with E-state index in [0.29, 0.717) is 0 Å². The van der Waals surface area contributed by atoms with Gasteiger partial charge in [0.15, 0.2) is 5.96 Å². The summed E-state index contributed by atoms with van der Waals surface area (Å²) >= 11 is 1.78. The van der Waals surface area contributed by atoms with Crippen molar-refractivity contribution in [2.24, 2.45) is 4.99 Å². The third-order valence-corrected chi connectivity index (χ3v) is 4.76. The van der Waals surface area contributed by atoms with E-state index >= 15 is 0 Å². The molecule has 0 saturated heterocycles. The topological polar surface area (TPSA) is 61.8 Å². The van der Waals surface area contributed by atoms with Gasteiger partial charge in [-0.05, 0) is 34.2 Å². The lowest BCUT2D eigenvalue weighted by molar-refractivity contribution is 0.180. The van der Waals surface area contributed by atoms with Crippen molar-refractivity contribution in [3.63, 3.8) is 0 Å². The first-order chi connectivity index (χ1) is 11.6. The fourth-order valence-corrected chi connectivity index (χ4v) is 3.30. The van der Waals surface area contributed by atoms with Crippen molar-refractivity contribution in [3.8, 4) is 0 Å². The van der Waals surface area contributed by atoms with Crippen molar-refractivity contribution in [1.82, 2.24) is 20.5 Å². The van der Waals surface area contributed by atoms with Gasteiger partial charge in [0.1, 0.15) is 0 Å². The van der Waals surface area contributed by atoms with E-state index in [1.807, 2.05) is 0 Å². The van der Waals surface area contributed by atoms with Gasteiger partial charge in [0.05, 0.1) is 17.2 Å². The molecule has 0 fully saturated rings. The van der Waals surface area contributed by atoms with E-state index in [2.05, 4.69) is 53.3 Å². The molecule has 1 aromatic heterocycles. The van der Waals surface area contributed by atoms with Crippen LogP contribution in [0.4, 0.5) is 0 Å². The summed E-state index contributed by atoms with van der Waals surface area (Å²) < 4.78 is 5.08. The van der Waals surface area contributed by atoms with Crippen LogP contribution in [-0.4, -0.2) is 69.3 Å². The van der Waals surface area contributed by atoms with Gasteiger partial charge in [0.25, 0.3) is 0 Å². The predicted octanol–water partition coefficient (Wildman–Crippen LogP) is 1.83. The molecule has 0 atom stereocenters. The van der Waals surface area contributed by atoms with Crippen molar-refractivity contribution in [1.29, 1.82) is 0 Å². The van der Waals surface area contributed by atoms with E-state index in [-0.39, 0.29) is 0 Å². The molecule has 1 aromatic rings. The smallest absolute Gasteiger partial charge is 0.191 e. The molecule has 0 aliphatic carbocycles. The number of likely N-dealkylation sites (N-methyl/N-ethyl adjacent to an activating group) is 1. The highest BCUT2D eigenvalue weighted by Gasteiger charge is 2.05. The molecule has 0 bridgehead atoms. The molecule has 0 aliphatic rings. The molecule has 1 heterocycles. The molecular formula is C17H33N5OS. The maximum atomic E-state index is 5.08. The van der Waals surface area contributed by atoms with Crippen LogP contribution in [0.2, 0.25) is 0 Å². The second-order valence-corrected chi connectivity index (χ2v) is 7.12. The first-order valence-corrected chi connectivity index (χ1v) is 9.51. The number of guanidine groups is 1. The van der Waals surface area contributed by atoms with Gasteiger partial charge in [0.2, 0.25) is 0 Å². The average molecular weight is 356 g/mol. The van der Waals surface area contributed by atoms with Crippen LogP contribution < -0.4 is 10.6 Å². The molecule has 0 spiro atoms. The summed E-state index contributed by atoms with van der Waals surface area (Å²) in [6.45, 7) is 11.6. The maximum Gasteiger partial charge on any atom is 0.191 e. The zero-order valence-corrected chi connectivity index (χ0v) is 16.6. The SMILES string of the molecule is CCNC(=NCCN(C)CCCOC)NCCc1sc(C)nc1C. The van der Waals surface area contributed by atoms with Gasteiger partial charge in [0, 0.05) is 51.2 Å². The largest absolute Gasteiger partial charge is 0.385 e. The average Bonchev–Trinajstić information content (AvgIpc) is 2.85. The van der Waals surface area contributed by atoms with Crippen LogP contribution in [-0.2, 0) is 11.2 Å². The second-order valence-electron chi connectivity index (χ2n) is 5.83. The third-order valence-electron chi connectivity index (χ3n) is 3.63. The molecule has 0 aromatic carbocycles. The Morgan fingerprint density at radius 2 is 2.08 bits per heavy atom. The molecule has 2 N–H and O–H groups in total. The molecule has 0 amide bonds. The number of aromatic nitrogens is 1. The van der Waals surface area contributed by atoms with Crippen LogP contribution in [0.5, 0.6) is 0 Å². The molecular weight excluding hydrogens is 322 g/mol.